The van der Waals surface area contributed by atoms with Gasteiger partial charge in [0, 0.05) is 23.8 Å². The predicted molar refractivity (Wildman–Crippen MR) is 83.4 cm³/mol. The van der Waals surface area contributed by atoms with Gasteiger partial charge in [-0.15, -0.1) is 0 Å². The molecule has 0 radical (unpaired) electrons. The Hall–Kier alpha value is -1.29. The van der Waals surface area contributed by atoms with Crippen molar-refractivity contribution < 1.29 is 9.21 Å². The normalized spacial score (nSPS) is 21.8. The fourth-order valence-corrected chi connectivity index (χ4v) is 3.79. The number of nitrogens with zero attached hydrogens (tertiary/aromatic N) is 1. The van der Waals surface area contributed by atoms with Gasteiger partial charge < -0.3 is 9.32 Å². The van der Waals surface area contributed by atoms with E-state index in [4.69, 9.17) is 4.42 Å². The van der Waals surface area contributed by atoms with Crippen molar-refractivity contribution in [1.29, 1.82) is 0 Å². The molecule has 1 heterocycles. The Morgan fingerprint density at radius 2 is 2.15 bits per heavy atom. The van der Waals surface area contributed by atoms with Gasteiger partial charge in [-0.2, -0.15) is 0 Å². The van der Waals surface area contributed by atoms with E-state index in [0.717, 1.165) is 30.4 Å². The highest BCUT2D eigenvalue weighted by atomic mass is 79.9. The zero-order valence-electron chi connectivity index (χ0n) is 11.7. The van der Waals surface area contributed by atoms with E-state index in [1.165, 1.54) is 5.56 Å². The first-order chi connectivity index (χ1) is 9.52. The lowest BCUT2D eigenvalue weighted by Gasteiger charge is -2.34. The van der Waals surface area contributed by atoms with Crippen molar-refractivity contribution in [2.24, 2.45) is 5.92 Å². The molecule has 3 rings (SSSR count). The van der Waals surface area contributed by atoms with Crippen molar-refractivity contribution in [3.63, 3.8) is 0 Å². The number of halogens is 1. The van der Waals surface area contributed by atoms with Gasteiger partial charge in [-0.05, 0) is 43.9 Å². The molecule has 1 saturated carbocycles. The van der Waals surface area contributed by atoms with E-state index in [2.05, 4.69) is 15.9 Å². The molecular formula is C16H18BrNO2. The van der Waals surface area contributed by atoms with E-state index in [1.54, 1.807) is 4.90 Å². The third-order valence-electron chi connectivity index (χ3n) is 3.94. The lowest BCUT2D eigenvalue weighted by Crippen LogP contribution is -2.37. The number of fused-ring (bicyclic) bond motifs is 1. The molecule has 0 atom stereocenters. The van der Waals surface area contributed by atoms with Gasteiger partial charge in [0.1, 0.15) is 5.58 Å². The molecule has 2 aromatic rings. The van der Waals surface area contributed by atoms with Gasteiger partial charge in [0.05, 0.1) is 0 Å². The van der Waals surface area contributed by atoms with E-state index < -0.39 is 0 Å². The van der Waals surface area contributed by atoms with E-state index in [9.17, 15) is 4.79 Å². The Labute approximate surface area is 127 Å². The van der Waals surface area contributed by atoms with E-state index in [1.807, 2.05) is 38.2 Å². The molecule has 106 valence electrons. The first-order valence-electron chi connectivity index (χ1n) is 6.92. The van der Waals surface area contributed by atoms with Crippen molar-refractivity contribution in [2.45, 2.75) is 24.6 Å². The van der Waals surface area contributed by atoms with Gasteiger partial charge in [0.2, 0.25) is 0 Å². The van der Waals surface area contributed by atoms with Gasteiger partial charge in [0.15, 0.2) is 5.76 Å². The van der Waals surface area contributed by atoms with Crippen LogP contribution in [0.2, 0.25) is 0 Å². The van der Waals surface area contributed by atoms with Crippen LogP contribution in [0.1, 0.15) is 29.0 Å². The summed E-state index contributed by atoms with van der Waals surface area (Å²) in [4.78, 5) is 14.8. The molecule has 1 aliphatic carbocycles. The summed E-state index contributed by atoms with van der Waals surface area (Å²) >= 11 is 3.58. The van der Waals surface area contributed by atoms with E-state index in [0.29, 0.717) is 16.5 Å². The third-order valence-corrected chi connectivity index (χ3v) is 4.69. The Morgan fingerprint density at radius 1 is 1.40 bits per heavy atom. The number of amides is 1. The number of alkyl halides is 1. The Kier molecular flexibility index (Phi) is 3.59. The maximum Gasteiger partial charge on any atom is 0.289 e. The molecule has 0 saturated heterocycles. The highest BCUT2D eigenvalue weighted by molar-refractivity contribution is 9.09. The first kappa shape index (κ1) is 13.7. The number of rotatable bonds is 3. The predicted octanol–water partition coefficient (Wildman–Crippen LogP) is 3.99. The monoisotopic (exact) mass is 335 g/mol. The molecule has 1 aliphatic rings. The Bertz CT molecular complexity index is 643. The highest BCUT2D eigenvalue weighted by Crippen LogP contribution is 2.34. The number of benzene rings is 1. The summed E-state index contributed by atoms with van der Waals surface area (Å²) in [5.74, 6) is 1.01. The smallest absolute Gasteiger partial charge is 0.289 e. The number of hydrogen-bond acceptors (Lipinski definition) is 2. The average molecular weight is 336 g/mol. The molecule has 1 fully saturated rings. The molecule has 0 N–H and O–H groups in total. The minimum Gasteiger partial charge on any atom is -0.451 e. The van der Waals surface area contributed by atoms with Gasteiger partial charge >= 0.3 is 0 Å². The van der Waals surface area contributed by atoms with Crippen LogP contribution in [0.15, 0.2) is 28.7 Å². The van der Waals surface area contributed by atoms with Gasteiger partial charge in [-0.1, -0.05) is 27.6 Å². The minimum absolute atomic E-state index is 0.0307. The van der Waals surface area contributed by atoms with Crippen molar-refractivity contribution in [3.05, 3.63) is 35.6 Å². The second-order valence-electron chi connectivity index (χ2n) is 5.77. The van der Waals surface area contributed by atoms with Crippen LogP contribution in [0, 0.1) is 12.8 Å². The Morgan fingerprint density at radius 3 is 2.85 bits per heavy atom. The van der Waals surface area contributed by atoms with Crippen molar-refractivity contribution >= 4 is 32.8 Å². The zero-order valence-corrected chi connectivity index (χ0v) is 13.3. The molecule has 0 bridgehead atoms. The van der Waals surface area contributed by atoms with Crippen molar-refractivity contribution in [1.82, 2.24) is 4.90 Å². The number of furan rings is 1. The fourth-order valence-electron chi connectivity index (χ4n) is 2.73. The summed E-state index contributed by atoms with van der Waals surface area (Å²) in [7, 11) is 1.85. The van der Waals surface area contributed by atoms with Gasteiger partial charge in [-0.25, -0.2) is 0 Å². The third kappa shape index (κ3) is 2.62. The summed E-state index contributed by atoms with van der Waals surface area (Å²) in [5.41, 5.74) is 1.94. The van der Waals surface area contributed by atoms with Gasteiger partial charge in [-0.3, -0.25) is 4.79 Å². The SMILES string of the molecule is Cc1ccc2oc(C(=O)N(C)CC3CC(Br)C3)cc2c1. The minimum atomic E-state index is -0.0307. The van der Waals surface area contributed by atoms with E-state index >= 15 is 0 Å². The first-order valence-corrected chi connectivity index (χ1v) is 7.84. The molecule has 0 unspecified atom stereocenters. The molecule has 1 amide bonds. The Balaban J connectivity index is 1.74. The van der Waals surface area contributed by atoms with Gasteiger partial charge in [0.25, 0.3) is 5.91 Å². The maximum atomic E-state index is 12.4. The van der Waals surface area contributed by atoms with Crippen LogP contribution in [0.5, 0.6) is 0 Å². The van der Waals surface area contributed by atoms with Crippen molar-refractivity contribution in [2.75, 3.05) is 13.6 Å². The average Bonchev–Trinajstić information content (AvgIpc) is 2.78. The largest absolute Gasteiger partial charge is 0.451 e. The van der Waals surface area contributed by atoms with E-state index in [-0.39, 0.29) is 5.91 Å². The highest BCUT2D eigenvalue weighted by Gasteiger charge is 2.29. The maximum absolute atomic E-state index is 12.4. The summed E-state index contributed by atoms with van der Waals surface area (Å²) in [6.45, 7) is 2.84. The number of aryl methyl sites for hydroxylation is 1. The standard InChI is InChI=1S/C16H18BrNO2/c1-10-3-4-14-12(5-10)8-15(20-14)16(19)18(2)9-11-6-13(17)7-11/h3-5,8,11,13H,6-7,9H2,1-2H3. The topological polar surface area (TPSA) is 33.5 Å². The second-order valence-corrected chi connectivity index (χ2v) is 7.07. The zero-order chi connectivity index (χ0) is 14.3. The molecule has 1 aromatic carbocycles. The molecule has 0 spiro atoms. The fraction of sp³-hybridized carbons (Fsp3) is 0.438. The van der Waals surface area contributed by atoms with Crippen LogP contribution >= 0.6 is 15.9 Å². The summed E-state index contributed by atoms with van der Waals surface area (Å²) in [6, 6.07) is 7.79. The lowest BCUT2D eigenvalue weighted by molar-refractivity contribution is 0.0719. The van der Waals surface area contributed by atoms with Crippen LogP contribution in [-0.4, -0.2) is 29.2 Å². The second kappa shape index (κ2) is 5.24. The summed E-state index contributed by atoms with van der Waals surface area (Å²) < 4.78 is 5.66. The number of carbonyl (C=O) groups is 1. The molecular weight excluding hydrogens is 318 g/mol. The number of carbonyl (C=O) groups excluding carboxylic acids is 1. The molecule has 1 aromatic heterocycles. The van der Waals surface area contributed by atoms with Crippen LogP contribution in [0.25, 0.3) is 11.0 Å². The summed E-state index contributed by atoms with van der Waals surface area (Å²) in [6.07, 6.45) is 2.30. The summed E-state index contributed by atoms with van der Waals surface area (Å²) in [5, 5.41) is 0.992. The quantitative estimate of drug-likeness (QED) is 0.794. The van der Waals surface area contributed by atoms with Crippen LogP contribution < -0.4 is 0 Å². The van der Waals surface area contributed by atoms with Crippen LogP contribution in [0.4, 0.5) is 0 Å². The van der Waals surface area contributed by atoms with Crippen LogP contribution in [-0.2, 0) is 0 Å². The lowest BCUT2D eigenvalue weighted by atomic mass is 9.85. The van der Waals surface area contributed by atoms with Crippen LogP contribution in [0.3, 0.4) is 0 Å². The molecule has 20 heavy (non-hydrogen) atoms. The molecule has 0 aliphatic heterocycles. The molecule has 4 heteroatoms. The van der Waals surface area contributed by atoms with Crippen molar-refractivity contribution in [3.8, 4) is 0 Å². The number of hydrogen-bond donors (Lipinski definition) is 0. The molecule has 3 nitrogen and oxygen atoms in total.